The standard InChI is InChI=1S/C14H24N6.HI/c1-3-4-10-7-12(10)19-14(15-2)18-11-5-6-13-16-9-17-20(13)8-11;/h9-12H,3-8H2,1-2H3,(H2,15,18,19);1H. The maximum absolute atomic E-state index is 4.35. The number of halogens is 1. The predicted octanol–water partition coefficient (Wildman–Crippen LogP) is 1.56. The molecular weight excluding hydrogens is 379 g/mol. The zero-order chi connectivity index (χ0) is 13.9. The van der Waals surface area contributed by atoms with E-state index < -0.39 is 0 Å². The van der Waals surface area contributed by atoms with Crippen molar-refractivity contribution in [2.24, 2.45) is 10.9 Å². The topological polar surface area (TPSA) is 67.1 Å². The van der Waals surface area contributed by atoms with Gasteiger partial charge in [0.2, 0.25) is 0 Å². The van der Waals surface area contributed by atoms with Gasteiger partial charge in [-0.05, 0) is 25.2 Å². The van der Waals surface area contributed by atoms with Crippen LogP contribution in [0.5, 0.6) is 0 Å². The first kappa shape index (κ1) is 16.5. The highest BCUT2D eigenvalue weighted by molar-refractivity contribution is 14.0. The van der Waals surface area contributed by atoms with Crippen molar-refractivity contribution in [3.8, 4) is 0 Å². The number of rotatable bonds is 4. The fraction of sp³-hybridized carbons (Fsp3) is 0.786. The number of fused-ring (bicyclic) bond motifs is 1. The minimum Gasteiger partial charge on any atom is -0.353 e. The Kier molecular flexibility index (Phi) is 5.83. The van der Waals surface area contributed by atoms with Crippen LogP contribution in [0.25, 0.3) is 0 Å². The smallest absolute Gasteiger partial charge is 0.191 e. The lowest BCUT2D eigenvalue weighted by Gasteiger charge is -2.25. The van der Waals surface area contributed by atoms with Crippen LogP contribution in [0, 0.1) is 5.92 Å². The third-order valence-corrected chi connectivity index (χ3v) is 4.27. The van der Waals surface area contributed by atoms with Crippen LogP contribution in [0.1, 0.15) is 38.4 Å². The summed E-state index contributed by atoms with van der Waals surface area (Å²) in [5, 5.41) is 11.3. The zero-order valence-electron chi connectivity index (χ0n) is 12.7. The van der Waals surface area contributed by atoms with Gasteiger partial charge in [0.1, 0.15) is 12.2 Å². The Bertz CT molecular complexity index is 486. The fourth-order valence-electron chi connectivity index (χ4n) is 3.01. The molecule has 6 nitrogen and oxygen atoms in total. The van der Waals surface area contributed by atoms with E-state index in [0.29, 0.717) is 12.1 Å². The third-order valence-electron chi connectivity index (χ3n) is 4.27. The maximum atomic E-state index is 4.35. The van der Waals surface area contributed by atoms with E-state index in [1.54, 1.807) is 6.33 Å². The van der Waals surface area contributed by atoms with Gasteiger partial charge in [0, 0.05) is 25.6 Å². The summed E-state index contributed by atoms with van der Waals surface area (Å²) >= 11 is 0. The molecule has 118 valence electrons. The fourth-order valence-corrected chi connectivity index (χ4v) is 3.01. The molecule has 1 aromatic rings. The van der Waals surface area contributed by atoms with E-state index in [2.05, 4.69) is 32.6 Å². The van der Waals surface area contributed by atoms with Crippen molar-refractivity contribution < 1.29 is 0 Å². The molecule has 3 atom stereocenters. The molecule has 2 aliphatic rings. The second kappa shape index (κ2) is 7.42. The Balaban J connectivity index is 0.00000161. The maximum Gasteiger partial charge on any atom is 0.191 e. The largest absolute Gasteiger partial charge is 0.353 e. The lowest BCUT2D eigenvalue weighted by molar-refractivity contribution is 0.392. The molecule has 1 aromatic heterocycles. The molecule has 1 saturated carbocycles. The summed E-state index contributed by atoms with van der Waals surface area (Å²) in [6.07, 6.45) is 7.59. The Labute approximate surface area is 143 Å². The molecule has 0 bridgehead atoms. The number of hydrogen-bond donors (Lipinski definition) is 2. The average Bonchev–Trinajstić information content (AvgIpc) is 3.01. The molecule has 3 rings (SSSR count). The average molecular weight is 404 g/mol. The summed E-state index contributed by atoms with van der Waals surface area (Å²) in [4.78, 5) is 8.61. The van der Waals surface area contributed by atoms with Gasteiger partial charge in [-0.2, -0.15) is 5.10 Å². The lowest BCUT2D eigenvalue weighted by Crippen LogP contribution is -2.47. The van der Waals surface area contributed by atoms with Gasteiger partial charge in [-0.15, -0.1) is 24.0 Å². The van der Waals surface area contributed by atoms with Crippen molar-refractivity contribution >= 4 is 29.9 Å². The summed E-state index contributed by atoms with van der Waals surface area (Å²) in [5.74, 6) is 2.87. The SMILES string of the molecule is CCCC1CC1NC(=NC)NC1CCc2ncnn2C1.I. The van der Waals surface area contributed by atoms with Crippen LogP contribution in [0.4, 0.5) is 0 Å². The zero-order valence-corrected chi connectivity index (χ0v) is 15.1. The molecular formula is C14H25IN6. The van der Waals surface area contributed by atoms with Crippen LogP contribution < -0.4 is 10.6 Å². The van der Waals surface area contributed by atoms with Crippen LogP contribution in [0.3, 0.4) is 0 Å². The summed E-state index contributed by atoms with van der Waals surface area (Å²) in [5.41, 5.74) is 0. The van der Waals surface area contributed by atoms with Crippen LogP contribution in [-0.4, -0.2) is 39.9 Å². The van der Waals surface area contributed by atoms with Gasteiger partial charge in [-0.25, -0.2) is 9.67 Å². The van der Waals surface area contributed by atoms with E-state index in [4.69, 9.17) is 0 Å². The van der Waals surface area contributed by atoms with E-state index in [1.165, 1.54) is 19.3 Å². The number of nitrogens with zero attached hydrogens (tertiary/aromatic N) is 4. The number of hydrogen-bond acceptors (Lipinski definition) is 3. The molecule has 2 heterocycles. The number of aryl methyl sites for hydroxylation is 1. The van der Waals surface area contributed by atoms with E-state index >= 15 is 0 Å². The highest BCUT2D eigenvalue weighted by Gasteiger charge is 2.36. The molecule has 0 saturated heterocycles. The molecule has 2 N–H and O–H groups in total. The molecule has 1 aliphatic carbocycles. The molecule has 7 heteroatoms. The molecule has 0 radical (unpaired) electrons. The summed E-state index contributed by atoms with van der Waals surface area (Å²) in [7, 11) is 1.84. The summed E-state index contributed by atoms with van der Waals surface area (Å²) < 4.78 is 1.99. The monoisotopic (exact) mass is 404 g/mol. The van der Waals surface area contributed by atoms with Gasteiger partial charge < -0.3 is 10.6 Å². The highest BCUT2D eigenvalue weighted by Crippen LogP contribution is 2.34. The molecule has 0 amide bonds. The number of nitrogens with one attached hydrogen (secondary N) is 2. The normalized spacial score (nSPS) is 27.5. The number of aromatic nitrogens is 3. The minimum absolute atomic E-state index is 0. The first-order valence-corrected chi connectivity index (χ1v) is 7.66. The molecule has 3 unspecified atom stereocenters. The first-order valence-electron chi connectivity index (χ1n) is 7.66. The molecule has 1 fully saturated rings. The molecule has 0 aromatic carbocycles. The van der Waals surface area contributed by atoms with Crippen molar-refractivity contribution in [2.45, 2.75) is 57.7 Å². The predicted molar refractivity (Wildman–Crippen MR) is 94.0 cm³/mol. The van der Waals surface area contributed by atoms with Gasteiger partial charge in [0.25, 0.3) is 0 Å². The van der Waals surface area contributed by atoms with E-state index in [1.807, 2.05) is 11.7 Å². The highest BCUT2D eigenvalue weighted by atomic mass is 127. The Morgan fingerprint density at radius 2 is 2.33 bits per heavy atom. The van der Waals surface area contributed by atoms with Gasteiger partial charge in [-0.3, -0.25) is 4.99 Å². The van der Waals surface area contributed by atoms with Gasteiger partial charge >= 0.3 is 0 Å². The van der Waals surface area contributed by atoms with Crippen LogP contribution in [0.2, 0.25) is 0 Å². The second-order valence-corrected chi connectivity index (χ2v) is 5.85. The van der Waals surface area contributed by atoms with Gasteiger partial charge in [0.15, 0.2) is 5.96 Å². The summed E-state index contributed by atoms with van der Waals surface area (Å²) in [6.45, 7) is 3.12. The van der Waals surface area contributed by atoms with Crippen molar-refractivity contribution in [3.05, 3.63) is 12.2 Å². The Morgan fingerprint density at radius 3 is 3.10 bits per heavy atom. The van der Waals surface area contributed by atoms with Crippen LogP contribution in [-0.2, 0) is 13.0 Å². The van der Waals surface area contributed by atoms with E-state index in [-0.39, 0.29) is 24.0 Å². The Morgan fingerprint density at radius 1 is 1.48 bits per heavy atom. The van der Waals surface area contributed by atoms with E-state index in [0.717, 1.165) is 37.1 Å². The number of aliphatic imine (C=N–C) groups is 1. The Hall–Kier alpha value is -0.860. The third kappa shape index (κ3) is 4.08. The van der Waals surface area contributed by atoms with Crippen molar-refractivity contribution in [1.29, 1.82) is 0 Å². The quantitative estimate of drug-likeness (QED) is 0.454. The second-order valence-electron chi connectivity index (χ2n) is 5.85. The van der Waals surface area contributed by atoms with Crippen molar-refractivity contribution in [1.82, 2.24) is 25.4 Å². The summed E-state index contributed by atoms with van der Waals surface area (Å²) in [6, 6.07) is 1.01. The molecule has 21 heavy (non-hydrogen) atoms. The molecule has 1 aliphatic heterocycles. The molecule has 0 spiro atoms. The van der Waals surface area contributed by atoms with Crippen LogP contribution in [0.15, 0.2) is 11.3 Å². The first-order chi connectivity index (χ1) is 9.80. The van der Waals surface area contributed by atoms with Crippen molar-refractivity contribution in [3.63, 3.8) is 0 Å². The minimum atomic E-state index is 0. The van der Waals surface area contributed by atoms with Gasteiger partial charge in [-0.1, -0.05) is 13.3 Å². The van der Waals surface area contributed by atoms with Crippen LogP contribution >= 0.6 is 24.0 Å². The lowest BCUT2D eigenvalue weighted by atomic mass is 10.1. The van der Waals surface area contributed by atoms with Gasteiger partial charge in [0.05, 0.1) is 6.54 Å². The number of guanidine groups is 1. The van der Waals surface area contributed by atoms with E-state index in [9.17, 15) is 0 Å². The van der Waals surface area contributed by atoms with Crippen molar-refractivity contribution in [2.75, 3.05) is 7.05 Å².